The molecule has 0 aromatic carbocycles. The van der Waals surface area contributed by atoms with Gasteiger partial charge in [-0.1, -0.05) is 6.92 Å². The van der Waals surface area contributed by atoms with E-state index < -0.39 is 0 Å². The van der Waals surface area contributed by atoms with Gasteiger partial charge in [-0.05, 0) is 45.7 Å². The fourth-order valence-corrected chi connectivity index (χ4v) is 3.59. The minimum absolute atomic E-state index is 0.224. The fraction of sp³-hybridized carbons (Fsp3) is 1.00. The molecule has 15 heavy (non-hydrogen) atoms. The molecule has 0 aromatic rings. The summed E-state index contributed by atoms with van der Waals surface area (Å²) in [6, 6.07) is 1.49. The van der Waals surface area contributed by atoms with Crippen LogP contribution in [0, 0.1) is 0 Å². The average molecular weight is 212 g/mol. The molecule has 3 nitrogen and oxygen atoms in total. The maximum absolute atomic E-state index is 9.22. The first-order chi connectivity index (χ1) is 7.21. The Morgan fingerprint density at radius 1 is 1.33 bits per heavy atom. The van der Waals surface area contributed by atoms with Crippen molar-refractivity contribution in [1.29, 1.82) is 0 Å². The number of aliphatic hydroxyl groups is 1. The van der Waals surface area contributed by atoms with E-state index in [0.29, 0.717) is 6.61 Å². The monoisotopic (exact) mass is 212 g/mol. The molecule has 3 heteroatoms. The molecule has 2 heterocycles. The molecule has 2 bridgehead atoms. The second kappa shape index (κ2) is 4.40. The summed E-state index contributed by atoms with van der Waals surface area (Å²) in [4.78, 5) is 2.55. The van der Waals surface area contributed by atoms with Crippen LogP contribution >= 0.6 is 0 Å². The van der Waals surface area contributed by atoms with E-state index in [2.05, 4.69) is 24.2 Å². The highest BCUT2D eigenvalue weighted by molar-refractivity contribution is 5.04. The lowest BCUT2D eigenvalue weighted by atomic mass is 9.80. The molecule has 0 aromatic heterocycles. The van der Waals surface area contributed by atoms with E-state index in [1.807, 2.05) is 0 Å². The van der Waals surface area contributed by atoms with Gasteiger partial charge in [0.2, 0.25) is 0 Å². The van der Waals surface area contributed by atoms with Crippen molar-refractivity contribution in [2.45, 2.75) is 56.7 Å². The molecule has 2 saturated heterocycles. The Morgan fingerprint density at radius 2 is 1.93 bits per heavy atom. The third kappa shape index (κ3) is 2.05. The summed E-state index contributed by atoms with van der Waals surface area (Å²) in [5, 5.41) is 12.8. The standard InChI is InChI=1S/C12H24N2O/c1-3-13-12(6-7-15)8-10-4-5-11(9-12)14(10)2/h10-11,13,15H,3-9H2,1-2H3. The molecular formula is C12H24N2O. The smallest absolute Gasteiger partial charge is 0.0448 e. The summed E-state index contributed by atoms with van der Waals surface area (Å²) in [7, 11) is 2.26. The Kier molecular flexibility index (Phi) is 3.33. The Hall–Kier alpha value is -0.120. The zero-order valence-corrected chi connectivity index (χ0v) is 10.00. The van der Waals surface area contributed by atoms with E-state index in [0.717, 1.165) is 25.0 Å². The zero-order valence-electron chi connectivity index (χ0n) is 10.00. The van der Waals surface area contributed by atoms with Crippen LogP contribution in [0.1, 0.15) is 39.0 Å². The van der Waals surface area contributed by atoms with E-state index in [9.17, 15) is 5.11 Å². The van der Waals surface area contributed by atoms with Gasteiger partial charge in [-0.3, -0.25) is 0 Å². The lowest BCUT2D eigenvalue weighted by Gasteiger charge is -2.46. The van der Waals surface area contributed by atoms with Gasteiger partial charge >= 0.3 is 0 Å². The number of piperidine rings is 1. The molecule has 2 unspecified atom stereocenters. The Balaban J connectivity index is 2.08. The largest absolute Gasteiger partial charge is 0.396 e. The third-order valence-corrected chi connectivity index (χ3v) is 4.38. The number of aliphatic hydroxyl groups excluding tert-OH is 1. The Labute approximate surface area is 92.8 Å². The molecule has 0 amide bonds. The first-order valence-corrected chi connectivity index (χ1v) is 6.28. The quantitative estimate of drug-likeness (QED) is 0.729. The normalized spacial score (nSPS) is 41.0. The molecule has 2 aliphatic heterocycles. The number of hydrogen-bond acceptors (Lipinski definition) is 3. The second-order valence-corrected chi connectivity index (χ2v) is 5.24. The van der Waals surface area contributed by atoms with Crippen molar-refractivity contribution in [2.24, 2.45) is 0 Å². The molecule has 0 radical (unpaired) electrons. The van der Waals surface area contributed by atoms with Gasteiger partial charge in [0.05, 0.1) is 0 Å². The SMILES string of the molecule is CCNC1(CCO)CC2CCC(C1)N2C. The molecule has 2 N–H and O–H groups in total. The van der Waals surface area contributed by atoms with Crippen LogP contribution in [0.5, 0.6) is 0 Å². The number of rotatable bonds is 4. The highest BCUT2D eigenvalue weighted by atomic mass is 16.3. The van der Waals surface area contributed by atoms with Crippen LogP contribution in [0.4, 0.5) is 0 Å². The maximum Gasteiger partial charge on any atom is 0.0448 e. The van der Waals surface area contributed by atoms with Gasteiger partial charge in [-0.15, -0.1) is 0 Å². The number of nitrogens with one attached hydrogen (secondary N) is 1. The summed E-state index contributed by atoms with van der Waals surface area (Å²) in [5.74, 6) is 0. The highest BCUT2D eigenvalue weighted by Crippen LogP contribution is 2.41. The minimum atomic E-state index is 0.224. The topological polar surface area (TPSA) is 35.5 Å². The Morgan fingerprint density at radius 3 is 2.40 bits per heavy atom. The van der Waals surface area contributed by atoms with E-state index >= 15 is 0 Å². The van der Waals surface area contributed by atoms with E-state index in [4.69, 9.17) is 0 Å². The first-order valence-electron chi connectivity index (χ1n) is 6.28. The van der Waals surface area contributed by atoms with Crippen LogP contribution in [-0.4, -0.2) is 47.8 Å². The van der Waals surface area contributed by atoms with Gasteiger partial charge in [-0.2, -0.15) is 0 Å². The van der Waals surface area contributed by atoms with Crippen molar-refractivity contribution in [2.75, 3.05) is 20.2 Å². The summed E-state index contributed by atoms with van der Waals surface area (Å²) >= 11 is 0. The minimum Gasteiger partial charge on any atom is -0.396 e. The third-order valence-electron chi connectivity index (χ3n) is 4.38. The van der Waals surface area contributed by atoms with Crippen molar-refractivity contribution in [3.05, 3.63) is 0 Å². The molecule has 2 rings (SSSR count). The maximum atomic E-state index is 9.22. The molecule has 88 valence electrons. The van der Waals surface area contributed by atoms with Crippen LogP contribution < -0.4 is 5.32 Å². The van der Waals surface area contributed by atoms with E-state index in [1.165, 1.54) is 25.7 Å². The van der Waals surface area contributed by atoms with Crippen LogP contribution in [0.3, 0.4) is 0 Å². The molecule has 2 atom stereocenters. The summed E-state index contributed by atoms with van der Waals surface area (Å²) in [6.45, 7) is 3.50. The van der Waals surface area contributed by atoms with Crippen molar-refractivity contribution in [3.8, 4) is 0 Å². The van der Waals surface area contributed by atoms with E-state index in [-0.39, 0.29) is 5.54 Å². The lowest BCUT2D eigenvalue weighted by molar-refractivity contribution is 0.0725. The fourth-order valence-electron chi connectivity index (χ4n) is 3.59. The van der Waals surface area contributed by atoms with E-state index in [1.54, 1.807) is 0 Å². The first kappa shape index (κ1) is 11.4. The summed E-state index contributed by atoms with van der Waals surface area (Å²) in [5.41, 5.74) is 0.224. The van der Waals surface area contributed by atoms with Gasteiger partial charge in [0.25, 0.3) is 0 Å². The molecular weight excluding hydrogens is 188 g/mol. The van der Waals surface area contributed by atoms with Gasteiger partial charge in [0, 0.05) is 24.2 Å². The van der Waals surface area contributed by atoms with Crippen LogP contribution in [0.25, 0.3) is 0 Å². The summed E-state index contributed by atoms with van der Waals surface area (Å²) < 4.78 is 0. The predicted octanol–water partition coefficient (Wildman–Crippen LogP) is 0.974. The van der Waals surface area contributed by atoms with Crippen molar-refractivity contribution >= 4 is 0 Å². The van der Waals surface area contributed by atoms with Gasteiger partial charge in [0.1, 0.15) is 0 Å². The molecule has 0 spiro atoms. The van der Waals surface area contributed by atoms with Crippen molar-refractivity contribution in [1.82, 2.24) is 10.2 Å². The van der Waals surface area contributed by atoms with Crippen LogP contribution in [-0.2, 0) is 0 Å². The van der Waals surface area contributed by atoms with Crippen molar-refractivity contribution < 1.29 is 5.11 Å². The predicted molar refractivity (Wildman–Crippen MR) is 61.9 cm³/mol. The molecule has 0 saturated carbocycles. The molecule has 0 aliphatic carbocycles. The number of fused-ring (bicyclic) bond motifs is 2. The zero-order chi connectivity index (χ0) is 10.9. The van der Waals surface area contributed by atoms with Crippen molar-refractivity contribution in [3.63, 3.8) is 0 Å². The average Bonchev–Trinajstić information content (AvgIpc) is 2.45. The number of hydrogen-bond donors (Lipinski definition) is 2. The molecule has 2 fully saturated rings. The van der Waals surface area contributed by atoms with Crippen LogP contribution in [0.15, 0.2) is 0 Å². The van der Waals surface area contributed by atoms with Crippen LogP contribution in [0.2, 0.25) is 0 Å². The summed E-state index contributed by atoms with van der Waals surface area (Å²) in [6.07, 6.45) is 6.05. The Bertz CT molecular complexity index is 198. The van der Waals surface area contributed by atoms with Gasteiger partial charge in [0.15, 0.2) is 0 Å². The van der Waals surface area contributed by atoms with Gasteiger partial charge in [-0.25, -0.2) is 0 Å². The molecule has 2 aliphatic rings. The lowest BCUT2D eigenvalue weighted by Crippen LogP contribution is -2.57. The highest BCUT2D eigenvalue weighted by Gasteiger charge is 2.45. The van der Waals surface area contributed by atoms with Gasteiger partial charge < -0.3 is 15.3 Å². The second-order valence-electron chi connectivity index (χ2n) is 5.24. The number of nitrogens with zero attached hydrogens (tertiary/aromatic N) is 1.